The monoisotopic (exact) mass is 1530 g/mol. The number of carbonyl (C=O) groups excluding carboxylic acids is 7. The number of amides is 7. The maximum atomic E-state index is 16.1. The lowest BCUT2D eigenvalue weighted by Gasteiger charge is -2.48. The van der Waals surface area contributed by atoms with E-state index in [2.05, 4.69) is 44.1 Å². The number of ether oxygens (including phenoxy) is 6. The van der Waals surface area contributed by atoms with Crippen molar-refractivity contribution in [3.05, 3.63) is 117 Å². The van der Waals surface area contributed by atoms with Crippen LogP contribution in [0.25, 0.3) is 11.1 Å². The first-order valence-corrected chi connectivity index (χ1v) is 35.4. The summed E-state index contributed by atoms with van der Waals surface area (Å²) in [6, 6.07) is -0.949. The summed E-state index contributed by atoms with van der Waals surface area (Å²) in [7, 11) is 0. The number of benzene rings is 5. The third-order valence-electron chi connectivity index (χ3n) is 19.2. The number of phenols is 3. The fraction of sp³-hybridized carbons (Fsp3) is 0.472. The molecule has 33 nitrogen and oxygen atoms in total. The van der Waals surface area contributed by atoms with E-state index in [0.29, 0.717) is 6.54 Å². The fourth-order valence-corrected chi connectivity index (χ4v) is 14.0. The van der Waals surface area contributed by atoms with Crippen molar-refractivity contribution in [3.8, 4) is 57.1 Å². The highest BCUT2D eigenvalue weighted by Crippen LogP contribution is 2.50. The number of aliphatic hydroxyl groups is 6. The predicted molar refractivity (Wildman–Crippen MR) is 377 cm³/mol. The van der Waals surface area contributed by atoms with Crippen LogP contribution < -0.4 is 62.9 Å². The predicted octanol–water partition coefficient (Wildman–Crippen LogP) is 2.45. The van der Waals surface area contributed by atoms with Gasteiger partial charge in [-0.3, -0.25) is 33.6 Å². The SMILES string of the molecule is CCCCCCCN[C@@]1(C)C[C@H](O[C@H]2[C@H](Oc3c4cc5cc3Oc3ccc(cc3Cl)[C@@H](O)[C@@H](NC(=O)[C@H](N)CC(C)C)C(=O)N[C@@H](CC(N)=O)C(=O)N[C@H]5C(=O)N[C@H]3C(=O)N[C@H](C(=O)N[C@H](C(=O)O)c5cc(O)cc(O)c5-c5cc3ccc5O)[C@H](O)c3ccc(c(Cl)c3)O4)O[C@H](CO)[C@@H](O)[C@@H]2O)O[C@@H](C)[C@H]1O. The molecule has 11 bridgehead atoms. The first kappa shape index (κ1) is 80.3. The van der Waals surface area contributed by atoms with Gasteiger partial charge in [-0.1, -0.05) is 87.9 Å². The standard InChI is InChI=1S/C72H87Cl2N9O24/c1-6-7-8-9-10-17-77-72(5)27-50(102-30(4)63(72)93)106-62-60(92)59(91)48(28-84)105-71(62)107-61-46-22-34-23-47(61)104-45-16-13-33(21-39(45)74)58(90)56-69(99)81-54(70(100)101)37-24-35(85)25-43(87)51(37)36-19-31(11-14-42(36)86)52(66(96)83-56)80-67(97)53(34)79-65(95)41(26-49(76)88)78-68(98)55(82-64(94)40(75)18-29(2)3)57(89)32-12-15-44(103-46)38(73)20-32/h11-16,19-25,29-30,40-41,48,50,52-60,62-63,71,77,84-87,89-93H,6-10,17-18,26-28,75H2,1-5H3,(H2,76,88)(H,78,98)(H,79,95)(H,80,97)(H,81,99)(H,82,94)(H,83,96)(H,100,101)/t30-,40+,41-,48+,50-,52+,53+,54-,55+,56-,57+,58+,59+,60-,62+,63+,71-,72-/m0/s1. The molecule has 7 amide bonds. The van der Waals surface area contributed by atoms with Crippen LogP contribution in [0, 0.1) is 5.92 Å². The number of unbranched alkanes of at least 4 members (excludes halogenated alkanes) is 4. The lowest BCUT2D eigenvalue weighted by atomic mass is 9.85. The molecule has 7 aliphatic rings. The van der Waals surface area contributed by atoms with Crippen LogP contribution in [-0.4, -0.2) is 190 Å². The van der Waals surface area contributed by atoms with Crippen LogP contribution in [0.4, 0.5) is 0 Å². The molecule has 0 aliphatic carbocycles. The van der Waals surface area contributed by atoms with Gasteiger partial charge < -0.3 is 128 Å². The number of phenolic OH excluding ortho intramolecular Hbond substituents is 3. The van der Waals surface area contributed by atoms with E-state index in [0.717, 1.165) is 98.8 Å². The van der Waals surface area contributed by atoms with Gasteiger partial charge in [0.1, 0.15) is 89.5 Å². The molecule has 0 aromatic heterocycles. The summed E-state index contributed by atoms with van der Waals surface area (Å²) in [5.74, 6) is -16.2. The summed E-state index contributed by atoms with van der Waals surface area (Å²) in [4.78, 5) is 117. The van der Waals surface area contributed by atoms with Crippen LogP contribution in [0.1, 0.15) is 144 Å². The third-order valence-corrected chi connectivity index (χ3v) is 19.8. The van der Waals surface area contributed by atoms with Gasteiger partial charge in [0.05, 0.1) is 41.3 Å². The average Bonchev–Trinajstić information content (AvgIpc) is 0.770. The van der Waals surface area contributed by atoms with Crippen LogP contribution >= 0.6 is 23.2 Å². The van der Waals surface area contributed by atoms with Gasteiger partial charge in [-0.05, 0) is 116 Å². The molecule has 107 heavy (non-hydrogen) atoms. The second kappa shape index (κ2) is 33.9. The number of carboxylic acids is 1. The number of nitrogens with two attached hydrogens (primary N) is 2. The Balaban J connectivity index is 1.21. The number of hydrogen-bond acceptors (Lipinski definition) is 25. The van der Waals surface area contributed by atoms with Crippen LogP contribution in [-0.2, 0) is 52.6 Å². The van der Waals surface area contributed by atoms with Crippen LogP contribution in [0.3, 0.4) is 0 Å². The van der Waals surface area contributed by atoms with E-state index in [4.69, 9.17) is 63.1 Å². The molecular weight excluding hydrogens is 1450 g/mol. The Bertz CT molecular complexity index is 4200. The number of halogens is 2. The molecular formula is C72H87Cl2N9O24. The van der Waals surface area contributed by atoms with Crippen molar-refractivity contribution in [2.75, 3.05) is 13.2 Å². The van der Waals surface area contributed by atoms with Crippen LogP contribution in [0.15, 0.2) is 78.9 Å². The topological polar surface area (TPSA) is 530 Å². The number of hydrogen-bond donors (Lipinski definition) is 19. The lowest BCUT2D eigenvalue weighted by Crippen LogP contribution is -2.65. The Morgan fingerprint density at radius 1 is 0.701 bits per heavy atom. The number of carbonyl (C=O) groups is 8. The number of aliphatic hydroxyl groups excluding tert-OH is 6. The minimum absolute atomic E-state index is 0.0769. The molecule has 2 fully saturated rings. The molecule has 0 radical (unpaired) electrons. The Morgan fingerprint density at radius 3 is 1.93 bits per heavy atom. The van der Waals surface area contributed by atoms with Crippen molar-refractivity contribution in [3.63, 3.8) is 0 Å². The molecule has 5 aromatic carbocycles. The van der Waals surface area contributed by atoms with E-state index in [1.54, 1.807) is 27.7 Å². The van der Waals surface area contributed by atoms with Gasteiger partial charge in [0.15, 0.2) is 29.9 Å². The van der Waals surface area contributed by atoms with Gasteiger partial charge in [-0.15, -0.1) is 0 Å². The highest BCUT2D eigenvalue weighted by atomic mass is 35.5. The molecule has 21 N–H and O–H groups in total. The largest absolute Gasteiger partial charge is 0.508 e. The van der Waals surface area contributed by atoms with E-state index in [9.17, 15) is 75.0 Å². The van der Waals surface area contributed by atoms with Crippen molar-refractivity contribution in [1.29, 1.82) is 0 Å². The summed E-state index contributed by atoms with van der Waals surface area (Å²) < 4.78 is 39.1. The van der Waals surface area contributed by atoms with Gasteiger partial charge in [-0.25, -0.2) is 4.79 Å². The van der Waals surface area contributed by atoms with Gasteiger partial charge in [-0.2, -0.15) is 0 Å². The van der Waals surface area contributed by atoms with Crippen LogP contribution in [0.5, 0.6) is 46.0 Å². The van der Waals surface area contributed by atoms with Crippen molar-refractivity contribution >= 4 is 70.5 Å². The van der Waals surface area contributed by atoms with E-state index in [1.165, 1.54) is 12.1 Å². The zero-order chi connectivity index (χ0) is 77.8. The zero-order valence-corrected chi connectivity index (χ0v) is 60.1. The van der Waals surface area contributed by atoms with Gasteiger partial charge in [0.25, 0.3) is 0 Å². The van der Waals surface area contributed by atoms with Gasteiger partial charge in [0.2, 0.25) is 53.4 Å². The van der Waals surface area contributed by atoms with E-state index < -0.39 is 231 Å². The number of aromatic hydroxyl groups is 3. The molecule has 7 aliphatic heterocycles. The summed E-state index contributed by atoms with van der Waals surface area (Å²) >= 11 is 14.2. The Morgan fingerprint density at radius 2 is 1.32 bits per heavy atom. The molecule has 18 atom stereocenters. The van der Waals surface area contributed by atoms with Gasteiger partial charge in [0, 0.05) is 34.7 Å². The average molecular weight is 1530 g/mol. The molecule has 12 rings (SSSR count). The van der Waals surface area contributed by atoms with E-state index >= 15 is 14.4 Å². The third kappa shape index (κ3) is 18.0. The first-order valence-electron chi connectivity index (χ1n) is 34.7. The number of carboxylic acid groups (broad SMARTS) is 1. The minimum atomic E-state index is -2.35. The smallest absolute Gasteiger partial charge is 0.330 e. The molecule has 0 saturated carbocycles. The van der Waals surface area contributed by atoms with Crippen molar-refractivity contribution in [2.24, 2.45) is 17.4 Å². The summed E-state index contributed by atoms with van der Waals surface area (Å²) in [5, 5.41) is 133. The molecule has 0 unspecified atom stereocenters. The molecule has 5 aromatic rings. The van der Waals surface area contributed by atoms with Crippen molar-refractivity contribution in [2.45, 2.75) is 195 Å². The highest BCUT2D eigenvalue weighted by Gasteiger charge is 2.52. The van der Waals surface area contributed by atoms with E-state index in [-0.39, 0.29) is 52.0 Å². The summed E-state index contributed by atoms with van der Waals surface area (Å²) in [5.41, 5.74) is 8.07. The quantitative estimate of drug-likeness (QED) is 0.0528. The van der Waals surface area contributed by atoms with E-state index in [1.807, 2.05) is 0 Å². The Hall–Kier alpha value is -9.20. The molecule has 35 heteroatoms. The zero-order valence-electron chi connectivity index (χ0n) is 58.6. The normalized spacial score (nSPS) is 28.5. The number of fused-ring (bicyclic) bond motifs is 15. The minimum Gasteiger partial charge on any atom is -0.508 e. The molecule has 578 valence electrons. The molecule has 7 heterocycles. The maximum absolute atomic E-state index is 16.1. The summed E-state index contributed by atoms with van der Waals surface area (Å²) in [6.07, 6.45) is -13.5. The number of nitrogens with one attached hydrogen (secondary N) is 7. The molecule has 0 spiro atoms. The highest BCUT2D eigenvalue weighted by molar-refractivity contribution is 6.32. The first-order chi connectivity index (χ1) is 50.7. The fourth-order valence-electron chi connectivity index (χ4n) is 13.5. The maximum Gasteiger partial charge on any atom is 0.330 e. The Labute approximate surface area is 622 Å². The second-order valence-electron chi connectivity index (χ2n) is 27.7. The number of primary amides is 1. The van der Waals surface area contributed by atoms with Crippen LogP contribution in [0.2, 0.25) is 10.0 Å². The lowest BCUT2D eigenvalue weighted by molar-refractivity contribution is -0.334. The molecule has 2 saturated heterocycles. The Kier molecular flexibility index (Phi) is 25.5. The van der Waals surface area contributed by atoms with Crippen molar-refractivity contribution < 1.29 is 118 Å². The van der Waals surface area contributed by atoms with Crippen molar-refractivity contribution in [1.82, 2.24) is 37.2 Å². The number of rotatable bonds is 19. The van der Waals surface area contributed by atoms with Gasteiger partial charge >= 0.3 is 5.97 Å². The number of aliphatic carboxylic acids is 1. The second-order valence-corrected chi connectivity index (χ2v) is 28.5. The summed E-state index contributed by atoms with van der Waals surface area (Å²) in [6.45, 7) is 8.49.